The SMILES string of the molecule is Cc1cccc(N(c2cccc(C)c2)c2ccc3c(c2)C(C)(C)c2cc(-c4cc5c6ccccc6c(-c6ccc(C7(c8ccccc8)c8ccccc8-c8ccccc87)cc6)cc5c5ccccc45)ccc2-3)c1. The van der Waals surface area contributed by atoms with Gasteiger partial charge in [0.2, 0.25) is 0 Å². The van der Waals surface area contributed by atoms with Crippen molar-refractivity contribution in [3.63, 3.8) is 0 Å². The minimum atomic E-state index is -0.437. The lowest BCUT2D eigenvalue weighted by molar-refractivity contribution is 0.660. The van der Waals surface area contributed by atoms with Gasteiger partial charge >= 0.3 is 0 Å². The van der Waals surface area contributed by atoms with Crippen molar-refractivity contribution in [2.45, 2.75) is 38.5 Å². The average Bonchev–Trinajstić information content (AvgIpc) is 3.86. The summed E-state index contributed by atoms with van der Waals surface area (Å²) in [5, 5.41) is 7.58. The van der Waals surface area contributed by atoms with Crippen LogP contribution in [-0.2, 0) is 10.8 Å². The number of fused-ring (bicyclic) bond motifs is 11. The summed E-state index contributed by atoms with van der Waals surface area (Å²) in [6.45, 7) is 9.15. The minimum absolute atomic E-state index is 0.226. The fourth-order valence-electron chi connectivity index (χ4n) is 13.1. The molecule has 0 aliphatic heterocycles. The summed E-state index contributed by atoms with van der Waals surface area (Å²) in [6.07, 6.45) is 0. The van der Waals surface area contributed by atoms with Crippen LogP contribution in [0, 0.1) is 13.8 Å². The molecule has 14 rings (SSSR count). The standard InChI is InChI=1S/C72H53N/c1-46-18-16-22-52(40-46)73(53-23-17-19-47(2)41-53)54-37-39-62-61-38-34-49(42-69(61)71(3,4)70(62)43-54)64-45-66-57-26-10-8-24-55(57)63(44-65(66)58-27-11-9-25-56(58)64)48-32-35-51(36-33-48)72(50-20-6-5-7-21-50)67-30-14-12-28-59(67)60-29-13-15-31-68(60)72/h5-45H,1-4H3. The third kappa shape index (κ3) is 6.48. The first-order chi connectivity index (χ1) is 35.8. The van der Waals surface area contributed by atoms with Gasteiger partial charge in [0.1, 0.15) is 0 Å². The van der Waals surface area contributed by atoms with Crippen LogP contribution in [0.15, 0.2) is 249 Å². The molecule has 2 aliphatic carbocycles. The van der Waals surface area contributed by atoms with Crippen molar-refractivity contribution in [2.24, 2.45) is 0 Å². The van der Waals surface area contributed by atoms with Gasteiger partial charge in [-0.3, -0.25) is 0 Å². The van der Waals surface area contributed by atoms with Crippen LogP contribution in [0.25, 0.3) is 76.8 Å². The lowest BCUT2D eigenvalue weighted by atomic mass is 9.67. The van der Waals surface area contributed by atoms with Crippen LogP contribution in [0.4, 0.5) is 17.1 Å². The van der Waals surface area contributed by atoms with Gasteiger partial charge < -0.3 is 4.90 Å². The van der Waals surface area contributed by atoms with E-state index in [1.807, 2.05) is 0 Å². The first-order valence-electron chi connectivity index (χ1n) is 25.7. The summed E-state index contributed by atoms with van der Waals surface area (Å²) >= 11 is 0. The fourth-order valence-corrected chi connectivity index (χ4v) is 13.1. The third-order valence-electron chi connectivity index (χ3n) is 16.4. The Bertz CT molecular complexity index is 4100. The fraction of sp³-hybridized carbons (Fsp3) is 0.0833. The number of rotatable bonds is 7. The number of nitrogens with zero attached hydrogens (tertiary/aromatic N) is 1. The second kappa shape index (κ2) is 16.4. The van der Waals surface area contributed by atoms with E-state index in [4.69, 9.17) is 0 Å². The Labute approximate surface area is 428 Å². The second-order valence-electron chi connectivity index (χ2n) is 20.9. The normalized spacial score (nSPS) is 13.7. The van der Waals surface area contributed by atoms with Crippen molar-refractivity contribution in [1.29, 1.82) is 0 Å². The van der Waals surface area contributed by atoms with Crippen molar-refractivity contribution in [2.75, 3.05) is 4.90 Å². The van der Waals surface area contributed by atoms with Crippen LogP contribution < -0.4 is 4.90 Å². The number of hydrogen-bond acceptors (Lipinski definition) is 1. The van der Waals surface area contributed by atoms with Gasteiger partial charge in [-0.25, -0.2) is 0 Å². The quantitative estimate of drug-likeness (QED) is 0.144. The highest BCUT2D eigenvalue weighted by Crippen LogP contribution is 2.57. The lowest BCUT2D eigenvalue weighted by Crippen LogP contribution is -2.28. The number of hydrogen-bond donors (Lipinski definition) is 0. The van der Waals surface area contributed by atoms with E-state index in [1.165, 1.54) is 127 Å². The van der Waals surface area contributed by atoms with E-state index in [1.54, 1.807) is 0 Å². The van der Waals surface area contributed by atoms with Gasteiger partial charge in [0.05, 0.1) is 5.41 Å². The van der Waals surface area contributed by atoms with E-state index >= 15 is 0 Å². The zero-order valence-electron chi connectivity index (χ0n) is 41.6. The summed E-state index contributed by atoms with van der Waals surface area (Å²) < 4.78 is 0. The predicted molar refractivity (Wildman–Crippen MR) is 309 cm³/mol. The minimum Gasteiger partial charge on any atom is -0.310 e. The van der Waals surface area contributed by atoms with Crippen molar-refractivity contribution < 1.29 is 0 Å². The van der Waals surface area contributed by atoms with E-state index in [0.717, 1.165) is 11.4 Å². The molecule has 0 radical (unpaired) electrons. The molecule has 0 atom stereocenters. The highest BCUT2D eigenvalue weighted by Gasteiger charge is 2.46. The Morgan fingerprint density at radius 3 is 1.29 bits per heavy atom. The van der Waals surface area contributed by atoms with Crippen molar-refractivity contribution >= 4 is 49.4 Å². The number of anilines is 3. The topological polar surface area (TPSA) is 3.24 Å². The third-order valence-corrected chi connectivity index (χ3v) is 16.4. The second-order valence-corrected chi connectivity index (χ2v) is 20.9. The highest BCUT2D eigenvalue weighted by atomic mass is 15.1. The summed E-state index contributed by atoms with van der Waals surface area (Å²) in [5.41, 5.74) is 23.4. The molecule has 73 heavy (non-hydrogen) atoms. The van der Waals surface area contributed by atoms with Crippen molar-refractivity contribution in [1.82, 2.24) is 0 Å². The zero-order valence-corrected chi connectivity index (χ0v) is 41.6. The molecule has 0 heterocycles. The Hall–Kier alpha value is -8.78. The Kier molecular flexibility index (Phi) is 9.66. The van der Waals surface area contributed by atoms with Crippen molar-refractivity contribution in [3.05, 3.63) is 293 Å². The molecule has 0 aromatic heterocycles. The molecule has 346 valence electrons. The van der Waals surface area contributed by atoms with Gasteiger partial charge in [-0.05, 0) is 190 Å². The molecule has 0 fully saturated rings. The van der Waals surface area contributed by atoms with Gasteiger partial charge in [-0.2, -0.15) is 0 Å². The molecule has 12 aromatic carbocycles. The van der Waals surface area contributed by atoms with Crippen LogP contribution in [0.1, 0.15) is 58.4 Å². The van der Waals surface area contributed by atoms with E-state index < -0.39 is 5.41 Å². The Morgan fingerprint density at radius 1 is 0.274 bits per heavy atom. The molecular formula is C72H53N. The summed E-state index contributed by atoms with van der Waals surface area (Å²) in [7, 11) is 0. The van der Waals surface area contributed by atoms with E-state index in [9.17, 15) is 0 Å². The molecule has 1 nitrogen and oxygen atoms in total. The van der Waals surface area contributed by atoms with Gasteiger partial charge in [-0.15, -0.1) is 0 Å². The zero-order chi connectivity index (χ0) is 49.0. The predicted octanol–water partition coefficient (Wildman–Crippen LogP) is 19.2. The molecule has 0 unspecified atom stereocenters. The monoisotopic (exact) mass is 931 g/mol. The van der Waals surface area contributed by atoms with E-state index in [2.05, 4.69) is 281 Å². The molecule has 0 amide bonds. The first-order valence-corrected chi connectivity index (χ1v) is 25.7. The van der Waals surface area contributed by atoms with Crippen LogP contribution in [0.5, 0.6) is 0 Å². The molecule has 0 saturated heterocycles. The molecule has 2 aliphatic rings. The molecule has 1 heteroatoms. The molecule has 0 bridgehead atoms. The lowest BCUT2D eigenvalue weighted by Gasteiger charge is -2.34. The maximum atomic E-state index is 2.49. The molecule has 0 N–H and O–H groups in total. The summed E-state index contributed by atoms with van der Waals surface area (Å²) in [4.78, 5) is 2.41. The van der Waals surface area contributed by atoms with Crippen LogP contribution in [0.3, 0.4) is 0 Å². The van der Waals surface area contributed by atoms with Gasteiger partial charge in [0, 0.05) is 22.5 Å². The smallest absolute Gasteiger partial charge is 0.0713 e. The van der Waals surface area contributed by atoms with Gasteiger partial charge in [0.25, 0.3) is 0 Å². The van der Waals surface area contributed by atoms with E-state index in [0.29, 0.717) is 0 Å². The molecule has 0 spiro atoms. The first kappa shape index (κ1) is 43.0. The van der Waals surface area contributed by atoms with Crippen LogP contribution in [0.2, 0.25) is 0 Å². The number of aryl methyl sites for hydroxylation is 2. The molecular weight excluding hydrogens is 879 g/mol. The number of benzene rings is 12. The maximum Gasteiger partial charge on any atom is 0.0713 e. The van der Waals surface area contributed by atoms with Crippen LogP contribution >= 0.6 is 0 Å². The molecule has 0 saturated carbocycles. The van der Waals surface area contributed by atoms with Gasteiger partial charge in [0.15, 0.2) is 0 Å². The summed E-state index contributed by atoms with van der Waals surface area (Å²) in [5.74, 6) is 0. The van der Waals surface area contributed by atoms with Crippen LogP contribution in [-0.4, -0.2) is 0 Å². The largest absolute Gasteiger partial charge is 0.310 e. The Morgan fingerprint density at radius 2 is 0.712 bits per heavy atom. The summed E-state index contributed by atoms with van der Waals surface area (Å²) in [6, 6.07) is 93.6. The van der Waals surface area contributed by atoms with Gasteiger partial charge in [-0.1, -0.05) is 208 Å². The Balaban J connectivity index is 0.886. The maximum absolute atomic E-state index is 2.49. The highest BCUT2D eigenvalue weighted by molar-refractivity contribution is 6.24. The molecule has 12 aromatic rings. The van der Waals surface area contributed by atoms with E-state index in [-0.39, 0.29) is 5.41 Å². The average molecular weight is 932 g/mol. The van der Waals surface area contributed by atoms with Crippen molar-refractivity contribution in [3.8, 4) is 44.5 Å².